The molecule has 18 heavy (non-hydrogen) atoms. The molecule has 2 heteroatoms. The van der Waals surface area contributed by atoms with Crippen LogP contribution in [0.4, 0.5) is 0 Å². The summed E-state index contributed by atoms with van der Waals surface area (Å²) in [6.45, 7) is 15.6. The molecule has 0 amide bonds. The average Bonchev–Trinajstić information content (AvgIpc) is 2.13. The van der Waals surface area contributed by atoms with Crippen molar-refractivity contribution in [2.24, 2.45) is 0 Å². The highest BCUT2D eigenvalue weighted by molar-refractivity contribution is 5.44. The van der Waals surface area contributed by atoms with E-state index in [4.69, 9.17) is 9.47 Å². The number of rotatable bonds is 4. The molecule has 102 valence electrons. The van der Waals surface area contributed by atoms with Crippen LogP contribution in [0.3, 0.4) is 0 Å². The van der Waals surface area contributed by atoms with Crippen LogP contribution in [0.15, 0.2) is 12.1 Å². The van der Waals surface area contributed by atoms with Gasteiger partial charge in [0.2, 0.25) is 0 Å². The number of aryl methyl sites for hydroxylation is 2. The SMILES string of the molecule is CCOC(C)Oc1cc(C)c(C(C)(C)C)c(C)c1. The first kappa shape index (κ1) is 15.0. The van der Waals surface area contributed by atoms with Gasteiger partial charge in [0.1, 0.15) is 5.75 Å². The second kappa shape index (κ2) is 5.75. The first-order valence-electron chi connectivity index (χ1n) is 6.65. The molecular formula is C16H26O2. The Kier molecular flexibility index (Phi) is 4.80. The zero-order valence-corrected chi connectivity index (χ0v) is 12.8. The Morgan fingerprint density at radius 1 is 1.11 bits per heavy atom. The lowest BCUT2D eigenvalue weighted by Gasteiger charge is -2.25. The van der Waals surface area contributed by atoms with E-state index in [0.717, 1.165) is 5.75 Å². The molecular weight excluding hydrogens is 224 g/mol. The first-order chi connectivity index (χ1) is 8.25. The highest BCUT2D eigenvalue weighted by atomic mass is 16.7. The van der Waals surface area contributed by atoms with E-state index in [2.05, 4.69) is 46.8 Å². The molecule has 0 aliphatic carbocycles. The minimum atomic E-state index is -0.200. The molecule has 1 unspecified atom stereocenters. The van der Waals surface area contributed by atoms with Crippen LogP contribution in [0, 0.1) is 13.8 Å². The van der Waals surface area contributed by atoms with E-state index in [0.29, 0.717) is 6.61 Å². The van der Waals surface area contributed by atoms with Crippen LogP contribution >= 0.6 is 0 Å². The van der Waals surface area contributed by atoms with Crippen molar-refractivity contribution < 1.29 is 9.47 Å². The third-order valence-corrected chi connectivity index (χ3v) is 2.96. The summed E-state index contributed by atoms with van der Waals surface area (Å²) in [5, 5.41) is 0. The molecule has 1 rings (SSSR count). The van der Waals surface area contributed by atoms with Crippen LogP contribution in [0.1, 0.15) is 51.3 Å². The van der Waals surface area contributed by atoms with Crippen LogP contribution < -0.4 is 4.74 Å². The van der Waals surface area contributed by atoms with E-state index >= 15 is 0 Å². The molecule has 0 spiro atoms. The van der Waals surface area contributed by atoms with Crippen LogP contribution in [0.25, 0.3) is 0 Å². The van der Waals surface area contributed by atoms with E-state index in [1.807, 2.05) is 13.8 Å². The van der Waals surface area contributed by atoms with Crippen molar-refractivity contribution in [3.63, 3.8) is 0 Å². The molecule has 0 bridgehead atoms. The van der Waals surface area contributed by atoms with Gasteiger partial charge < -0.3 is 9.47 Å². The van der Waals surface area contributed by atoms with Gasteiger partial charge in [-0.15, -0.1) is 0 Å². The molecule has 2 nitrogen and oxygen atoms in total. The normalized spacial score (nSPS) is 13.5. The monoisotopic (exact) mass is 250 g/mol. The minimum absolute atomic E-state index is 0.165. The summed E-state index contributed by atoms with van der Waals surface area (Å²) in [5.41, 5.74) is 4.12. The van der Waals surface area contributed by atoms with Crippen LogP contribution in [-0.2, 0) is 10.2 Å². The number of hydrogen-bond donors (Lipinski definition) is 0. The molecule has 0 fully saturated rings. The van der Waals surface area contributed by atoms with Crippen molar-refractivity contribution in [3.05, 3.63) is 28.8 Å². The smallest absolute Gasteiger partial charge is 0.196 e. The number of benzene rings is 1. The Morgan fingerprint density at radius 2 is 1.61 bits per heavy atom. The highest BCUT2D eigenvalue weighted by Gasteiger charge is 2.19. The molecule has 1 aromatic rings. The van der Waals surface area contributed by atoms with E-state index in [-0.39, 0.29) is 11.7 Å². The molecule has 0 aromatic heterocycles. The molecule has 0 aliphatic rings. The Balaban J connectivity index is 3.00. The summed E-state index contributed by atoms with van der Waals surface area (Å²) in [6, 6.07) is 4.20. The quantitative estimate of drug-likeness (QED) is 0.739. The average molecular weight is 250 g/mol. The molecule has 1 atom stereocenters. The Labute approximate surface area is 111 Å². The summed E-state index contributed by atoms with van der Waals surface area (Å²) in [7, 11) is 0. The molecule has 0 radical (unpaired) electrons. The zero-order chi connectivity index (χ0) is 13.9. The van der Waals surface area contributed by atoms with Gasteiger partial charge in [-0.25, -0.2) is 0 Å². The second-order valence-electron chi connectivity index (χ2n) is 5.82. The van der Waals surface area contributed by atoms with Gasteiger partial charge in [-0.1, -0.05) is 20.8 Å². The fourth-order valence-corrected chi connectivity index (χ4v) is 2.64. The van der Waals surface area contributed by atoms with E-state index in [9.17, 15) is 0 Å². The molecule has 0 heterocycles. The largest absolute Gasteiger partial charge is 0.465 e. The lowest BCUT2D eigenvalue weighted by molar-refractivity contribution is -0.0613. The predicted octanol–water partition coefficient (Wildman–Crippen LogP) is 4.36. The van der Waals surface area contributed by atoms with Crippen LogP contribution in [0.5, 0.6) is 5.75 Å². The Bertz CT molecular complexity index is 379. The predicted molar refractivity (Wildman–Crippen MR) is 76.3 cm³/mol. The molecule has 1 aromatic carbocycles. The van der Waals surface area contributed by atoms with E-state index in [1.54, 1.807) is 0 Å². The van der Waals surface area contributed by atoms with Crippen molar-refractivity contribution in [1.82, 2.24) is 0 Å². The first-order valence-corrected chi connectivity index (χ1v) is 6.65. The standard InChI is InChI=1S/C16H26O2/c1-8-17-13(4)18-14-9-11(2)15(12(3)10-14)16(5,6)7/h9-10,13H,8H2,1-7H3. The van der Waals surface area contributed by atoms with Gasteiger partial charge in [0, 0.05) is 6.61 Å². The summed E-state index contributed by atoms with van der Waals surface area (Å²) < 4.78 is 11.2. The van der Waals surface area contributed by atoms with Crippen molar-refractivity contribution in [3.8, 4) is 5.75 Å². The van der Waals surface area contributed by atoms with Gasteiger partial charge in [-0.2, -0.15) is 0 Å². The van der Waals surface area contributed by atoms with Gasteiger partial charge in [-0.3, -0.25) is 0 Å². The van der Waals surface area contributed by atoms with Crippen LogP contribution in [0.2, 0.25) is 0 Å². The minimum Gasteiger partial charge on any atom is -0.465 e. The summed E-state index contributed by atoms with van der Waals surface area (Å²) in [5.74, 6) is 0.888. The third-order valence-electron chi connectivity index (χ3n) is 2.96. The Morgan fingerprint density at radius 3 is 2.00 bits per heavy atom. The van der Waals surface area contributed by atoms with E-state index < -0.39 is 0 Å². The molecule has 0 saturated carbocycles. The van der Waals surface area contributed by atoms with Gasteiger partial charge in [0.25, 0.3) is 0 Å². The highest BCUT2D eigenvalue weighted by Crippen LogP contribution is 2.32. The lowest BCUT2D eigenvalue weighted by Crippen LogP contribution is -2.18. The van der Waals surface area contributed by atoms with E-state index in [1.165, 1.54) is 16.7 Å². The fourth-order valence-electron chi connectivity index (χ4n) is 2.64. The van der Waals surface area contributed by atoms with Crippen molar-refractivity contribution in [1.29, 1.82) is 0 Å². The van der Waals surface area contributed by atoms with Gasteiger partial charge >= 0.3 is 0 Å². The maximum atomic E-state index is 5.76. The maximum Gasteiger partial charge on any atom is 0.196 e. The Hall–Kier alpha value is -1.02. The van der Waals surface area contributed by atoms with Crippen molar-refractivity contribution in [2.75, 3.05) is 6.61 Å². The fraction of sp³-hybridized carbons (Fsp3) is 0.625. The number of ether oxygens (including phenoxy) is 2. The van der Waals surface area contributed by atoms with Crippen molar-refractivity contribution in [2.45, 2.75) is 60.2 Å². The summed E-state index contributed by atoms with van der Waals surface area (Å²) in [6.07, 6.45) is -0.200. The lowest BCUT2D eigenvalue weighted by atomic mass is 9.81. The maximum absolute atomic E-state index is 5.76. The number of hydrogen-bond acceptors (Lipinski definition) is 2. The molecule has 0 saturated heterocycles. The third kappa shape index (κ3) is 3.74. The summed E-state index contributed by atoms with van der Waals surface area (Å²) >= 11 is 0. The molecule has 0 N–H and O–H groups in total. The van der Waals surface area contributed by atoms with Gasteiger partial charge in [0.15, 0.2) is 6.29 Å². The van der Waals surface area contributed by atoms with Crippen LogP contribution in [-0.4, -0.2) is 12.9 Å². The molecule has 0 aliphatic heterocycles. The topological polar surface area (TPSA) is 18.5 Å². The van der Waals surface area contributed by atoms with Gasteiger partial charge in [0.05, 0.1) is 0 Å². The zero-order valence-electron chi connectivity index (χ0n) is 12.8. The summed E-state index contributed by atoms with van der Waals surface area (Å²) in [4.78, 5) is 0. The van der Waals surface area contributed by atoms with Gasteiger partial charge in [-0.05, 0) is 61.9 Å². The second-order valence-corrected chi connectivity index (χ2v) is 5.82. The van der Waals surface area contributed by atoms with Crippen molar-refractivity contribution >= 4 is 0 Å².